The first kappa shape index (κ1) is 25.7. The molecule has 1 fully saturated rings. The number of nitrogens with zero attached hydrogens (tertiary/aromatic N) is 2. The van der Waals surface area contributed by atoms with Gasteiger partial charge in [0, 0.05) is 13.3 Å². The van der Waals surface area contributed by atoms with E-state index < -0.39 is 5.41 Å². The van der Waals surface area contributed by atoms with Gasteiger partial charge in [0.1, 0.15) is 23.9 Å². The Labute approximate surface area is 211 Å². The second kappa shape index (κ2) is 11.5. The summed E-state index contributed by atoms with van der Waals surface area (Å²) in [5.41, 5.74) is 7.27. The number of carbonyl (C=O) groups excluding carboxylic acids is 2. The van der Waals surface area contributed by atoms with Gasteiger partial charge in [0.15, 0.2) is 0 Å². The second-order valence-corrected chi connectivity index (χ2v) is 8.86. The van der Waals surface area contributed by atoms with E-state index in [0.29, 0.717) is 12.6 Å². The fourth-order valence-electron chi connectivity index (χ4n) is 5.37. The molecule has 6 nitrogen and oxygen atoms in total. The minimum Gasteiger partial charge on any atom is -1.00 e. The molecule has 1 amide bonds. The number of benzene rings is 2. The lowest BCUT2D eigenvalue weighted by atomic mass is 9.64. The van der Waals surface area contributed by atoms with Crippen LogP contribution < -0.4 is 27.3 Å². The highest BCUT2D eigenvalue weighted by molar-refractivity contribution is 5.91. The lowest BCUT2D eigenvalue weighted by molar-refractivity contribution is -0.721. The molecule has 1 aliphatic rings. The van der Waals surface area contributed by atoms with Crippen molar-refractivity contribution in [3.05, 3.63) is 90.5 Å². The highest BCUT2D eigenvalue weighted by Gasteiger charge is 2.50. The van der Waals surface area contributed by atoms with Gasteiger partial charge < -0.3 is 27.5 Å². The number of rotatable bonds is 9. The van der Waals surface area contributed by atoms with Crippen LogP contribution in [0.4, 0.5) is 0 Å². The van der Waals surface area contributed by atoms with Gasteiger partial charge in [-0.3, -0.25) is 9.59 Å². The molecular weight excluding hydrogens is 494 g/mol. The Balaban J connectivity index is 0.00000324. The summed E-state index contributed by atoms with van der Waals surface area (Å²) in [4.78, 5) is 24.2. The van der Waals surface area contributed by atoms with E-state index in [9.17, 15) is 9.59 Å². The maximum Gasteiger partial charge on any atom is 0.302 e. The number of carbonyl (C=O) groups is 2. The summed E-state index contributed by atoms with van der Waals surface area (Å²) in [6.45, 7) is 2.64. The molecule has 1 saturated carbocycles. The number of hydrogen-bond acceptors (Lipinski definition) is 3. The minimum absolute atomic E-state index is 0. The molecule has 0 aliphatic heterocycles. The maximum atomic E-state index is 13.2. The summed E-state index contributed by atoms with van der Waals surface area (Å²) in [6.07, 6.45) is 9.80. The van der Waals surface area contributed by atoms with E-state index in [0.717, 1.165) is 43.4 Å². The van der Waals surface area contributed by atoms with Gasteiger partial charge in [-0.2, -0.15) is 0 Å². The van der Waals surface area contributed by atoms with E-state index in [-0.39, 0.29) is 34.8 Å². The lowest BCUT2D eigenvalue weighted by Crippen LogP contribution is -3.00. The first-order valence-electron chi connectivity index (χ1n) is 11.6. The van der Waals surface area contributed by atoms with Crippen molar-refractivity contribution in [2.24, 2.45) is 11.7 Å². The van der Waals surface area contributed by atoms with Gasteiger partial charge in [0.05, 0.1) is 13.2 Å². The molecule has 0 bridgehead atoms. The number of aryl methyl sites for hydroxylation is 1. The molecule has 0 radical (unpaired) electrons. The molecule has 2 aromatic carbocycles. The Kier molecular flexibility index (Phi) is 8.67. The van der Waals surface area contributed by atoms with Crippen molar-refractivity contribution in [2.45, 2.75) is 50.6 Å². The SMILES string of the molecule is CC(=O)OCCCn1cc[n+]([C@@H]2CC[C@@H](C(C(N)=O)(c3ccccc3)c3ccccc3)C2)c1.[Br-]. The molecule has 1 aromatic heterocycles. The van der Waals surface area contributed by atoms with Crippen molar-refractivity contribution in [3.63, 3.8) is 0 Å². The average Bonchev–Trinajstić information content (AvgIpc) is 3.49. The van der Waals surface area contributed by atoms with Gasteiger partial charge in [0.2, 0.25) is 12.2 Å². The predicted octanol–water partition coefficient (Wildman–Crippen LogP) is 0.546. The zero-order valence-electron chi connectivity index (χ0n) is 19.5. The van der Waals surface area contributed by atoms with Crippen LogP contribution in [0.2, 0.25) is 0 Å². The molecular formula is C27H32BrN3O3. The Morgan fingerprint density at radius 2 is 1.68 bits per heavy atom. The number of aromatic nitrogens is 2. The monoisotopic (exact) mass is 525 g/mol. The smallest absolute Gasteiger partial charge is 0.302 e. The quantitative estimate of drug-likeness (QED) is 0.251. The largest absolute Gasteiger partial charge is 1.00 e. The molecule has 2 N–H and O–H groups in total. The second-order valence-electron chi connectivity index (χ2n) is 8.86. The van der Waals surface area contributed by atoms with Crippen LogP contribution in [0.1, 0.15) is 49.8 Å². The normalized spacial score (nSPS) is 17.7. The third-order valence-corrected chi connectivity index (χ3v) is 6.86. The summed E-state index contributed by atoms with van der Waals surface area (Å²) in [5.74, 6) is -0.437. The van der Waals surface area contributed by atoms with Crippen LogP contribution in [0.15, 0.2) is 79.4 Å². The number of ether oxygens (including phenoxy) is 1. The number of halogens is 1. The molecule has 7 heteroatoms. The molecule has 2 atom stereocenters. The summed E-state index contributed by atoms with van der Waals surface area (Å²) in [6, 6.07) is 20.3. The van der Waals surface area contributed by atoms with Crippen molar-refractivity contribution in [3.8, 4) is 0 Å². The van der Waals surface area contributed by atoms with Crippen LogP contribution in [-0.4, -0.2) is 23.1 Å². The van der Waals surface area contributed by atoms with Crippen molar-refractivity contribution in [1.82, 2.24) is 4.57 Å². The van der Waals surface area contributed by atoms with Crippen molar-refractivity contribution in [1.29, 1.82) is 0 Å². The van der Waals surface area contributed by atoms with Crippen molar-refractivity contribution in [2.75, 3.05) is 6.61 Å². The maximum absolute atomic E-state index is 13.2. The highest BCUT2D eigenvalue weighted by atomic mass is 79.9. The van der Waals surface area contributed by atoms with Gasteiger partial charge in [-0.1, -0.05) is 60.7 Å². The molecule has 3 aromatic rings. The van der Waals surface area contributed by atoms with Crippen LogP contribution in [0, 0.1) is 5.92 Å². The van der Waals surface area contributed by atoms with Crippen LogP contribution >= 0.6 is 0 Å². The topological polar surface area (TPSA) is 78.2 Å². The van der Waals surface area contributed by atoms with Crippen molar-refractivity contribution < 1.29 is 35.9 Å². The number of hydrogen-bond donors (Lipinski definition) is 1. The van der Waals surface area contributed by atoms with Gasteiger partial charge in [-0.25, -0.2) is 9.13 Å². The summed E-state index contributed by atoms with van der Waals surface area (Å²) >= 11 is 0. The van der Waals surface area contributed by atoms with Crippen LogP contribution in [-0.2, 0) is 26.3 Å². The first-order chi connectivity index (χ1) is 16.0. The minimum atomic E-state index is -0.857. The van der Waals surface area contributed by atoms with E-state index in [1.807, 2.05) is 60.7 Å². The Morgan fingerprint density at radius 1 is 1.06 bits per heavy atom. The van der Waals surface area contributed by atoms with Gasteiger partial charge in [-0.05, 0) is 36.3 Å². The van der Waals surface area contributed by atoms with Crippen LogP contribution in [0.25, 0.3) is 0 Å². The summed E-state index contributed by atoms with van der Waals surface area (Å²) < 4.78 is 9.39. The average molecular weight is 526 g/mol. The molecule has 0 saturated heterocycles. The molecule has 0 unspecified atom stereocenters. The zero-order chi connectivity index (χ0) is 23.3. The van der Waals surface area contributed by atoms with E-state index >= 15 is 0 Å². The number of primary amides is 1. The van der Waals surface area contributed by atoms with E-state index in [2.05, 4.69) is 27.9 Å². The molecule has 180 valence electrons. The van der Waals surface area contributed by atoms with Crippen LogP contribution in [0.5, 0.6) is 0 Å². The number of esters is 1. The summed E-state index contributed by atoms with van der Waals surface area (Å²) in [7, 11) is 0. The standard InChI is InChI=1S/C27H31N3O3.BrH/c1-21(31)33-18-8-15-29-16-17-30(20-29)25-14-13-24(19-25)27(26(28)32,22-9-4-2-5-10-22)23-11-6-3-7-12-23;/h2-7,9-12,16-17,20,24-25H,8,13-15,18-19H2,1H3,(H-,28,32);1H/t24-,25-;/m1./s1. The first-order valence-corrected chi connectivity index (χ1v) is 11.6. The van der Waals surface area contributed by atoms with Crippen LogP contribution in [0.3, 0.4) is 0 Å². The Bertz CT molecular complexity index is 1050. The Hall–Kier alpha value is -2.93. The highest BCUT2D eigenvalue weighted by Crippen LogP contribution is 2.48. The molecule has 1 aliphatic carbocycles. The number of nitrogens with two attached hydrogens (primary N) is 1. The molecule has 4 rings (SSSR count). The fourth-order valence-corrected chi connectivity index (χ4v) is 5.37. The fraction of sp³-hybridized carbons (Fsp3) is 0.370. The zero-order valence-corrected chi connectivity index (χ0v) is 21.1. The molecule has 0 spiro atoms. The Morgan fingerprint density at radius 3 is 2.24 bits per heavy atom. The van der Waals surface area contributed by atoms with Gasteiger partial charge >= 0.3 is 5.97 Å². The third-order valence-electron chi connectivity index (χ3n) is 6.86. The molecule has 34 heavy (non-hydrogen) atoms. The van der Waals surface area contributed by atoms with E-state index in [1.165, 1.54) is 6.92 Å². The number of amides is 1. The predicted molar refractivity (Wildman–Crippen MR) is 125 cm³/mol. The number of imidazole rings is 1. The van der Waals surface area contributed by atoms with Gasteiger partial charge in [-0.15, -0.1) is 0 Å². The van der Waals surface area contributed by atoms with Crippen molar-refractivity contribution >= 4 is 11.9 Å². The summed E-state index contributed by atoms with van der Waals surface area (Å²) in [5, 5.41) is 0. The van der Waals surface area contributed by atoms with E-state index in [1.54, 1.807) is 0 Å². The van der Waals surface area contributed by atoms with E-state index in [4.69, 9.17) is 10.5 Å². The molecule has 1 heterocycles. The van der Waals surface area contributed by atoms with Gasteiger partial charge in [0.25, 0.3) is 0 Å². The lowest BCUT2D eigenvalue weighted by Gasteiger charge is -2.37. The third kappa shape index (κ3) is 5.25.